The Kier molecular flexibility index (Phi) is 10.4. The van der Waals surface area contributed by atoms with Crippen LogP contribution in [0, 0.1) is 6.07 Å². The number of amides is 1. The van der Waals surface area contributed by atoms with E-state index in [1.54, 1.807) is 20.3 Å². The average Bonchev–Trinajstić information content (AvgIpc) is 2.90. The van der Waals surface area contributed by atoms with Gasteiger partial charge in [-0.1, -0.05) is 18.1 Å². The van der Waals surface area contributed by atoms with Gasteiger partial charge in [0.2, 0.25) is 5.91 Å². The summed E-state index contributed by atoms with van der Waals surface area (Å²) in [5.74, 6) is 0.972. The summed E-state index contributed by atoms with van der Waals surface area (Å²) >= 11 is 1.40. The molecular weight excluding hydrogens is 417 g/mol. The molecule has 0 saturated heterocycles. The number of hydrogen-bond acceptors (Lipinski definition) is 6. The number of carbonyl (C=O) groups excluding carboxylic acids is 1. The number of carbonyl (C=O) groups is 1. The first-order valence-corrected chi connectivity index (χ1v) is 9.87. The molecule has 6 nitrogen and oxygen atoms in total. The van der Waals surface area contributed by atoms with Crippen LogP contribution in [0.5, 0.6) is 11.5 Å². The van der Waals surface area contributed by atoms with Gasteiger partial charge in [-0.25, -0.2) is 0 Å². The van der Waals surface area contributed by atoms with Crippen LogP contribution in [0.2, 0.25) is 0 Å². The summed E-state index contributed by atoms with van der Waals surface area (Å²) < 4.78 is 11.1. The van der Waals surface area contributed by atoms with Gasteiger partial charge in [0, 0.05) is 12.7 Å². The van der Waals surface area contributed by atoms with Crippen molar-refractivity contribution in [2.75, 3.05) is 20.5 Å². The Bertz CT molecular complexity index is 951. The molecule has 0 bridgehead atoms. The summed E-state index contributed by atoms with van der Waals surface area (Å²) in [4.78, 5) is 25.1. The Morgan fingerprint density at radius 1 is 1.28 bits per heavy atom. The van der Waals surface area contributed by atoms with E-state index in [4.69, 9.17) is 9.47 Å². The molecule has 1 aliphatic carbocycles. The zero-order valence-electron chi connectivity index (χ0n) is 17.3. The van der Waals surface area contributed by atoms with Crippen molar-refractivity contribution in [2.45, 2.75) is 30.7 Å². The molecule has 3 rings (SSSR count). The van der Waals surface area contributed by atoms with Gasteiger partial charge < -0.3 is 20.3 Å². The van der Waals surface area contributed by atoms with Gasteiger partial charge in [-0.2, -0.15) is 6.07 Å². The van der Waals surface area contributed by atoms with Gasteiger partial charge in [0.25, 0.3) is 0 Å². The van der Waals surface area contributed by atoms with Gasteiger partial charge in [0.05, 0.1) is 30.9 Å². The van der Waals surface area contributed by atoms with Gasteiger partial charge in [0.15, 0.2) is 5.43 Å². The molecule has 1 atom stereocenters. The molecule has 29 heavy (non-hydrogen) atoms. The number of aryl methyl sites for hydroxylation is 1. The second-order valence-corrected chi connectivity index (χ2v) is 7.17. The number of rotatable bonds is 4. The van der Waals surface area contributed by atoms with Crippen LogP contribution in [-0.2, 0) is 11.2 Å². The van der Waals surface area contributed by atoms with E-state index in [1.807, 2.05) is 24.5 Å². The topological polar surface area (TPSA) is 94.6 Å². The van der Waals surface area contributed by atoms with Gasteiger partial charge in [-0.05, 0) is 35.9 Å². The monoisotopic (exact) mass is 440 g/mol. The molecule has 0 unspecified atom stereocenters. The van der Waals surface area contributed by atoms with E-state index in [0.717, 1.165) is 28.7 Å². The summed E-state index contributed by atoms with van der Waals surface area (Å²) in [7, 11) is 3.17. The zero-order valence-corrected chi connectivity index (χ0v) is 21.2. The molecule has 0 aromatic heterocycles. The van der Waals surface area contributed by atoms with Crippen LogP contribution in [-0.4, -0.2) is 31.9 Å². The van der Waals surface area contributed by atoms with Crippen LogP contribution in [0.4, 0.5) is 0 Å². The molecule has 0 saturated carbocycles. The van der Waals surface area contributed by atoms with Crippen molar-refractivity contribution in [1.82, 2.24) is 5.32 Å². The maximum atomic E-state index is 12.7. The standard InChI is InChI=1S/C21H22NO4S.K.H2O/c1-12(23)22-16-8-5-13-6-9-18(25-2)21(26-3)20(13)14-7-10-19(27-4)17(24)11-15(14)16;;/h6-7,10-11,16H,5,8H2,1-4H3,(H,22,23);;1H2/q-1;+1;/p-1/t16-;;/m0../s1. The third kappa shape index (κ3) is 5.44. The third-order valence-corrected chi connectivity index (χ3v) is 5.50. The van der Waals surface area contributed by atoms with Crippen molar-refractivity contribution in [1.29, 1.82) is 0 Å². The van der Waals surface area contributed by atoms with E-state index in [9.17, 15) is 9.59 Å². The fraction of sp³-hybridized carbons (Fsp3) is 0.333. The minimum Gasteiger partial charge on any atom is -0.870 e. The second-order valence-electron chi connectivity index (χ2n) is 6.33. The van der Waals surface area contributed by atoms with Gasteiger partial charge in [0.1, 0.15) is 0 Å². The number of benzene rings is 1. The van der Waals surface area contributed by atoms with E-state index in [0.29, 0.717) is 22.8 Å². The summed E-state index contributed by atoms with van der Waals surface area (Å²) in [6.45, 7) is 1.49. The average molecular weight is 441 g/mol. The predicted molar refractivity (Wildman–Crippen MR) is 109 cm³/mol. The Labute approximate surface area is 217 Å². The number of fused-ring (bicyclic) bond motifs is 3. The maximum absolute atomic E-state index is 12.7. The molecule has 0 heterocycles. The zero-order chi connectivity index (χ0) is 19.6. The van der Waals surface area contributed by atoms with Crippen molar-refractivity contribution in [3.8, 4) is 22.6 Å². The van der Waals surface area contributed by atoms with Crippen LogP contribution in [0.3, 0.4) is 0 Å². The predicted octanol–water partition coefficient (Wildman–Crippen LogP) is 0.204. The third-order valence-electron chi connectivity index (χ3n) is 4.73. The number of nitrogens with one attached hydrogen (secondary N) is 1. The van der Waals surface area contributed by atoms with Gasteiger partial charge in [-0.3, -0.25) is 9.59 Å². The second kappa shape index (κ2) is 11.5. The van der Waals surface area contributed by atoms with Crippen LogP contribution >= 0.6 is 11.8 Å². The van der Waals surface area contributed by atoms with Crippen molar-refractivity contribution in [2.24, 2.45) is 0 Å². The Balaban J connectivity index is 0.00000210. The summed E-state index contributed by atoms with van der Waals surface area (Å²) in [5.41, 5.74) is 3.53. The van der Waals surface area contributed by atoms with Crippen molar-refractivity contribution in [3.63, 3.8) is 0 Å². The first kappa shape index (κ1) is 26.2. The van der Waals surface area contributed by atoms with E-state index in [2.05, 4.69) is 11.4 Å². The van der Waals surface area contributed by atoms with Crippen molar-refractivity contribution < 1.29 is 71.1 Å². The minimum atomic E-state index is -0.254. The number of hydrogen-bond donors (Lipinski definition) is 1. The first-order valence-electron chi connectivity index (χ1n) is 8.65. The van der Waals surface area contributed by atoms with E-state index >= 15 is 0 Å². The molecule has 2 aromatic rings. The van der Waals surface area contributed by atoms with Crippen LogP contribution in [0.25, 0.3) is 11.1 Å². The molecule has 2 aromatic carbocycles. The number of methoxy groups -OCH3 is 2. The molecule has 8 heteroatoms. The molecule has 0 fully saturated rings. The molecular formula is C21H23KNO5S-. The van der Waals surface area contributed by atoms with Crippen LogP contribution < -0.4 is 71.6 Å². The Morgan fingerprint density at radius 3 is 2.59 bits per heavy atom. The van der Waals surface area contributed by atoms with Crippen LogP contribution in [0.1, 0.15) is 30.5 Å². The normalized spacial score (nSPS) is 14.1. The SMILES string of the molecule is COc1[c-]cc2c(c1OC)-c1ccc(SC)c(=O)cc1[C@@H](NC(C)=O)CC2.[K+].[OH-]. The minimum absolute atomic E-state index is 0. The summed E-state index contributed by atoms with van der Waals surface area (Å²) in [6, 6.07) is 10.2. The smallest absolute Gasteiger partial charge is 0.870 e. The van der Waals surface area contributed by atoms with Gasteiger partial charge >= 0.3 is 51.4 Å². The van der Waals surface area contributed by atoms with Gasteiger partial charge in [-0.15, -0.1) is 23.4 Å². The fourth-order valence-electron chi connectivity index (χ4n) is 3.55. The first-order chi connectivity index (χ1) is 13.0. The quantitative estimate of drug-likeness (QED) is 0.415. The van der Waals surface area contributed by atoms with Crippen molar-refractivity contribution >= 4 is 17.7 Å². The number of ether oxygens (including phenoxy) is 2. The Hall–Kier alpha value is -0.874. The molecule has 2 N–H and O–H groups in total. The largest absolute Gasteiger partial charge is 1.00 e. The number of thioether (sulfide) groups is 1. The molecule has 0 spiro atoms. The fourth-order valence-corrected chi connectivity index (χ4v) is 4.02. The van der Waals surface area contributed by atoms with E-state index in [-0.39, 0.29) is 74.2 Å². The molecule has 0 radical (unpaired) electrons. The van der Waals surface area contributed by atoms with E-state index in [1.165, 1.54) is 18.7 Å². The molecule has 150 valence electrons. The summed E-state index contributed by atoms with van der Waals surface area (Å²) in [6.07, 6.45) is 3.28. The van der Waals surface area contributed by atoms with Crippen LogP contribution in [0.15, 0.2) is 34.0 Å². The molecule has 1 amide bonds. The Morgan fingerprint density at radius 2 is 2.00 bits per heavy atom. The molecule has 1 aliphatic rings. The van der Waals surface area contributed by atoms with E-state index < -0.39 is 0 Å². The summed E-state index contributed by atoms with van der Waals surface area (Å²) in [5, 5.41) is 2.99. The maximum Gasteiger partial charge on any atom is 1.00 e. The molecule has 0 aliphatic heterocycles. The van der Waals surface area contributed by atoms with Crippen molar-refractivity contribution in [3.05, 3.63) is 51.7 Å².